The number of esters is 2. The average Bonchev–Trinajstić information content (AvgIpc) is 2.64. The Morgan fingerprint density at radius 2 is 1.76 bits per heavy atom. The molecule has 1 heterocycles. The van der Waals surface area contributed by atoms with Crippen LogP contribution < -0.4 is 5.19 Å². The summed E-state index contributed by atoms with van der Waals surface area (Å²) >= 11 is 0. The highest BCUT2D eigenvalue weighted by Gasteiger charge is 2.41. The van der Waals surface area contributed by atoms with Crippen LogP contribution in [0.3, 0.4) is 0 Å². The largest absolute Gasteiger partial charge is 0.394 e. The van der Waals surface area contributed by atoms with E-state index >= 15 is 0 Å². The van der Waals surface area contributed by atoms with Crippen LogP contribution in [-0.4, -0.2) is 34.7 Å². The minimum Gasteiger partial charge on any atom is -0.394 e. The van der Waals surface area contributed by atoms with Crippen LogP contribution in [0.5, 0.6) is 0 Å². The highest BCUT2D eigenvalue weighted by Crippen LogP contribution is 2.21. The van der Waals surface area contributed by atoms with Gasteiger partial charge in [-0.1, -0.05) is 12.1 Å². The van der Waals surface area contributed by atoms with E-state index in [1.165, 1.54) is 14.2 Å². The number of rotatable bonds is 3. The molecule has 0 saturated heterocycles. The predicted octanol–water partition coefficient (Wildman–Crippen LogP) is 0.569. The van der Waals surface area contributed by atoms with Gasteiger partial charge in [-0.05, 0) is 12.6 Å². The molecule has 0 spiro atoms. The van der Waals surface area contributed by atoms with E-state index in [0.29, 0.717) is 5.19 Å². The molecule has 90 valence electrons. The number of carbonyl (C=O) groups is 2. The Kier molecular flexibility index (Phi) is 2.86. The molecule has 0 atom stereocenters. The monoisotopic (exact) mass is 252 g/mol. The van der Waals surface area contributed by atoms with Crippen molar-refractivity contribution >= 4 is 25.7 Å². The van der Waals surface area contributed by atoms with Crippen LogP contribution in [0.1, 0.15) is 20.7 Å². The van der Waals surface area contributed by atoms with Crippen molar-refractivity contribution in [3.05, 3.63) is 29.3 Å². The summed E-state index contributed by atoms with van der Waals surface area (Å²) in [7, 11) is 0.395. The van der Waals surface area contributed by atoms with E-state index in [9.17, 15) is 9.59 Å². The van der Waals surface area contributed by atoms with Gasteiger partial charge in [0, 0.05) is 19.4 Å². The van der Waals surface area contributed by atoms with Crippen LogP contribution in [0.25, 0.3) is 0 Å². The van der Waals surface area contributed by atoms with E-state index in [4.69, 9.17) is 8.85 Å². The van der Waals surface area contributed by atoms with E-state index in [-0.39, 0.29) is 11.1 Å². The smallest absolute Gasteiger partial charge is 0.369 e. The third-order valence-electron chi connectivity index (χ3n) is 2.94. The first-order valence-corrected chi connectivity index (χ1v) is 7.35. The van der Waals surface area contributed by atoms with Crippen molar-refractivity contribution in [3.8, 4) is 0 Å². The maximum atomic E-state index is 11.6. The van der Waals surface area contributed by atoms with Crippen molar-refractivity contribution in [2.24, 2.45) is 0 Å². The molecule has 1 aliphatic rings. The Balaban J connectivity index is 2.66. The number of hydrogen-bond acceptors (Lipinski definition) is 5. The lowest BCUT2D eigenvalue weighted by Gasteiger charge is -2.24. The zero-order valence-electron chi connectivity index (χ0n) is 9.77. The first kappa shape index (κ1) is 12.0. The lowest BCUT2D eigenvalue weighted by molar-refractivity contribution is 0.0444. The molecule has 0 N–H and O–H groups in total. The number of ether oxygens (including phenoxy) is 1. The van der Waals surface area contributed by atoms with Gasteiger partial charge in [0.2, 0.25) is 0 Å². The molecular weight excluding hydrogens is 240 g/mol. The molecule has 0 amide bonds. The van der Waals surface area contributed by atoms with Gasteiger partial charge in [-0.3, -0.25) is 0 Å². The van der Waals surface area contributed by atoms with Crippen LogP contribution in [0.4, 0.5) is 0 Å². The molecule has 0 aliphatic carbocycles. The summed E-state index contributed by atoms with van der Waals surface area (Å²) in [5.74, 6) is -1.25. The van der Waals surface area contributed by atoms with E-state index in [1.807, 2.05) is 0 Å². The van der Waals surface area contributed by atoms with Crippen molar-refractivity contribution in [2.75, 3.05) is 14.2 Å². The number of carbonyl (C=O) groups excluding carboxylic acids is 2. The molecular formula is C11H12O5Si. The second kappa shape index (κ2) is 4.06. The molecule has 6 heteroatoms. The second-order valence-electron chi connectivity index (χ2n) is 3.76. The molecule has 2 rings (SSSR count). The third kappa shape index (κ3) is 1.70. The van der Waals surface area contributed by atoms with Crippen molar-refractivity contribution in [2.45, 2.75) is 6.55 Å². The van der Waals surface area contributed by atoms with Crippen LogP contribution in [0.2, 0.25) is 6.55 Å². The average molecular weight is 252 g/mol. The van der Waals surface area contributed by atoms with Gasteiger partial charge < -0.3 is 13.6 Å². The summed E-state index contributed by atoms with van der Waals surface area (Å²) in [6, 6.07) is 4.99. The minimum atomic E-state index is -2.65. The quantitative estimate of drug-likeness (QED) is 0.447. The third-order valence-corrected chi connectivity index (χ3v) is 5.90. The van der Waals surface area contributed by atoms with Crippen molar-refractivity contribution in [1.29, 1.82) is 0 Å². The normalized spacial score (nSPS) is 14.8. The SMILES string of the molecule is CO[Si](C)(OC)c1cccc2c1C(=O)OC2=O. The molecule has 0 radical (unpaired) electrons. The number of hydrogen-bond donors (Lipinski definition) is 0. The zero-order chi connectivity index (χ0) is 12.6. The first-order valence-electron chi connectivity index (χ1n) is 5.04. The highest BCUT2D eigenvalue weighted by atomic mass is 28.4. The van der Waals surface area contributed by atoms with Gasteiger partial charge in [0.25, 0.3) is 0 Å². The number of fused-ring (bicyclic) bond motifs is 1. The Morgan fingerprint density at radius 3 is 2.35 bits per heavy atom. The van der Waals surface area contributed by atoms with E-state index in [0.717, 1.165) is 0 Å². The summed E-state index contributed by atoms with van der Waals surface area (Å²) in [6.45, 7) is 1.80. The lowest BCUT2D eigenvalue weighted by Crippen LogP contribution is -2.51. The summed E-state index contributed by atoms with van der Waals surface area (Å²) in [5.41, 5.74) is 0.552. The molecule has 17 heavy (non-hydrogen) atoms. The Labute approximate surface area is 99.5 Å². The molecule has 0 fully saturated rings. The van der Waals surface area contributed by atoms with Gasteiger partial charge in [-0.15, -0.1) is 0 Å². The van der Waals surface area contributed by atoms with Crippen molar-refractivity contribution in [3.63, 3.8) is 0 Å². The van der Waals surface area contributed by atoms with Crippen molar-refractivity contribution < 1.29 is 23.2 Å². The maximum absolute atomic E-state index is 11.6. The summed E-state index contributed by atoms with van der Waals surface area (Å²) in [6.07, 6.45) is 0. The van der Waals surface area contributed by atoms with Gasteiger partial charge in [0.15, 0.2) is 0 Å². The predicted molar refractivity (Wildman–Crippen MR) is 61.5 cm³/mol. The van der Waals surface area contributed by atoms with Gasteiger partial charge in [-0.2, -0.15) is 0 Å². The Hall–Kier alpha value is -1.50. The molecule has 1 aliphatic heterocycles. The highest BCUT2D eigenvalue weighted by molar-refractivity contribution is 6.81. The topological polar surface area (TPSA) is 61.8 Å². The Bertz CT molecular complexity index is 493. The van der Waals surface area contributed by atoms with Crippen LogP contribution in [0, 0.1) is 0 Å². The van der Waals surface area contributed by atoms with Crippen LogP contribution in [-0.2, 0) is 13.6 Å². The summed E-state index contributed by atoms with van der Waals surface area (Å²) in [5, 5.41) is 0.621. The molecule has 0 unspecified atom stereocenters. The molecule has 0 saturated carbocycles. The van der Waals surface area contributed by atoms with E-state index in [2.05, 4.69) is 4.74 Å². The van der Waals surface area contributed by atoms with Crippen LogP contribution >= 0.6 is 0 Å². The second-order valence-corrected chi connectivity index (χ2v) is 7.01. The summed E-state index contributed by atoms with van der Waals surface area (Å²) < 4.78 is 15.3. The number of cyclic esters (lactones) is 2. The fourth-order valence-corrected chi connectivity index (χ4v) is 3.51. The van der Waals surface area contributed by atoms with E-state index in [1.54, 1.807) is 24.7 Å². The molecule has 0 bridgehead atoms. The molecule has 0 aromatic heterocycles. The van der Waals surface area contributed by atoms with Crippen LogP contribution in [0.15, 0.2) is 18.2 Å². The van der Waals surface area contributed by atoms with Gasteiger partial charge in [-0.25, -0.2) is 9.59 Å². The van der Waals surface area contributed by atoms with E-state index < -0.39 is 20.5 Å². The number of benzene rings is 1. The molecule has 1 aromatic rings. The van der Waals surface area contributed by atoms with Crippen molar-refractivity contribution in [1.82, 2.24) is 0 Å². The molecule has 1 aromatic carbocycles. The fourth-order valence-electron chi connectivity index (χ4n) is 1.81. The standard InChI is InChI=1S/C11H12O5Si/c1-14-17(3,15-2)8-6-4-5-7-9(8)11(13)16-10(7)12/h4-6H,1-3H3. The molecule has 5 nitrogen and oxygen atoms in total. The Morgan fingerprint density at radius 1 is 1.12 bits per heavy atom. The van der Waals surface area contributed by atoms with Gasteiger partial charge >= 0.3 is 20.5 Å². The minimum absolute atomic E-state index is 0.273. The summed E-state index contributed by atoms with van der Waals surface area (Å²) in [4.78, 5) is 23.1. The van der Waals surface area contributed by atoms with Gasteiger partial charge in [0.05, 0.1) is 11.1 Å². The van der Waals surface area contributed by atoms with Gasteiger partial charge in [0.1, 0.15) is 0 Å². The maximum Gasteiger partial charge on any atom is 0.369 e. The fraction of sp³-hybridized carbons (Fsp3) is 0.273. The zero-order valence-corrected chi connectivity index (χ0v) is 10.8. The lowest BCUT2D eigenvalue weighted by atomic mass is 10.1. The first-order chi connectivity index (χ1) is 8.03.